The Bertz CT molecular complexity index is 816. The predicted octanol–water partition coefficient (Wildman–Crippen LogP) is 4.45. The van der Waals surface area contributed by atoms with Crippen LogP contribution in [0.4, 0.5) is 0 Å². The Balaban J connectivity index is 2.20. The molecule has 0 amide bonds. The molecule has 1 atom stereocenters. The van der Waals surface area contributed by atoms with Gasteiger partial charge in [-0.1, -0.05) is 41.9 Å². The quantitative estimate of drug-likeness (QED) is 0.865. The Morgan fingerprint density at radius 3 is 2.30 bits per heavy atom. The number of aryl methyl sites for hydroxylation is 3. The van der Waals surface area contributed by atoms with Crippen LogP contribution in [0.15, 0.2) is 36.4 Å². The monoisotopic (exact) mass is 351 g/mol. The van der Waals surface area contributed by atoms with Crippen molar-refractivity contribution in [1.29, 1.82) is 0 Å². The highest BCUT2D eigenvalue weighted by atomic mass is 35.5. The van der Waals surface area contributed by atoms with Crippen molar-refractivity contribution in [2.24, 2.45) is 0 Å². The van der Waals surface area contributed by atoms with Gasteiger partial charge in [-0.25, -0.2) is 13.1 Å². The van der Waals surface area contributed by atoms with Gasteiger partial charge in [-0.15, -0.1) is 0 Å². The number of hydrogen-bond acceptors (Lipinski definition) is 2. The summed E-state index contributed by atoms with van der Waals surface area (Å²) >= 11 is 6.06. The van der Waals surface area contributed by atoms with Crippen molar-refractivity contribution >= 4 is 21.6 Å². The lowest BCUT2D eigenvalue weighted by Gasteiger charge is -2.18. The van der Waals surface area contributed by atoms with Crippen LogP contribution in [0.5, 0.6) is 0 Å². The molecule has 2 aromatic rings. The highest BCUT2D eigenvalue weighted by Crippen LogP contribution is 2.23. The Labute approximate surface area is 143 Å². The summed E-state index contributed by atoms with van der Waals surface area (Å²) in [6, 6.07) is 10.8. The Morgan fingerprint density at radius 2 is 1.65 bits per heavy atom. The fourth-order valence-corrected chi connectivity index (χ4v) is 4.34. The summed E-state index contributed by atoms with van der Waals surface area (Å²) in [6.45, 7) is 7.95. The Hall–Kier alpha value is -1.36. The average molecular weight is 352 g/mol. The zero-order valence-electron chi connectivity index (χ0n) is 13.9. The second-order valence-corrected chi connectivity index (χ2v) is 8.14. The first-order chi connectivity index (χ1) is 10.7. The first-order valence-electron chi connectivity index (χ1n) is 7.51. The number of benzene rings is 2. The van der Waals surface area contributed by atoms with Crippen LogP contribution in [0.2, 0.25) is 5.02 Å². The lowest BCUT2D eigenvalue weighted by Crippen LogP contribution is -2.28. The largest absolute Gasteiger partial charge is 0.216 e. The Morgan fingerprint density at radius 1 is 1.04 bits per heavy atom. The molecule has 0 saturated carbocycles. The lowest BCUT2D eigenvalue weighted by atomic mass is 9.97. The molecule has 0 bridgehead atoms. The molecular weight excluding hydrogens is 330 g/mol. The van der Waals surface area contributed by atoms with Gasteiger partial charge in [0.2, 0.25) is 10.0 Å². The molecule has 0 aliphatic carbocycles. The van der Waals surface area contributed by atoms with E-state index >= 15 is 0 Å². The van der Waals surface area contributed by atoms with Crippen LogP contribution in [0.1, 0.15) is 40.8 Å². The standard InChI is InChI=1S/C18H22ClNO2S/c1-12-9-14(3)17(10-13(12)2)15(4)20-23(21,22)11-16-7-5-6-8-18(16)19/h5-10,15,20H,11H2,1-4H3/t15-/m1/s1. The van der Waals surface area contributed by atoms with E-state index in [-0.39, 0.29) is 11.8 Å². The molecule has 0 unspecified atom stereocenters. The number of halogens is 1. The number of sulfonamides is 1. The van der Waals surface area contributed by atoms with Gasteiger partial charge in [0.05, 0.1) is 5.75 Å². The van der Waals surface area contributed by atoms with Gasteiger partial charge in [0.25, 0.3) is 0 Å². The molecule has 1 N–H and O–H groups in total. The number of nitrogens with one attached hydrogen (secondary N) is 1. The molecule has 0 saturated heterocycles. The van der Waals surface area contributed by atoms with Gasteiger partial charge in [-0.3, -0.25) is 0 Å². The molecule has 23 heavy (non-hydrogen) atoms. The topological polar surface area (TPSA) is 46.2 Å². The fraction of sp³-hybridized carbons (Fsp3) is 0.333. The molecular formula is C18H22ClNO2S. The third-order valence-corrected chi connectivity index (χ3v) is 5.78. The van der Waals surface area contributed by atoms with E-state index in [1.165, 1.54) is 5.56 Å². The average Bonchev–Trinajstić information content (AvgIpc) is 2.44. The molecule has 2 aromatic carbocycles. The number of hydrogen-bond donors (Lipinski definition) is 1. The first kappa shape index (κ1) is 18.0. The van der Waals surface area contributed by atoms with Crippen LogP contribution in [0.3, 0.4) is 0 Å². The molecule has 0 spiro atoms. The minimum Gasteiger partial charge on any atom is -0.212 e. The highest BCUT2D eigenvalue weighted by molar-refractivity contribution is 7.88. The van der Waals surface area contributed by atoms with Crippen molar-refractivity contribution in [2.75, 3.05) is 0 Å². The lowest BCUT2D eigenvalue weighted by molar-refractivity contribution is 0.565. The molecule has 3 nitrogen and oxygen atoms in total. The Kier molecular flexibility index (Phi) is 5.50. The minimum absolute atomic E-state index is 0.124. The maximum absolute atomic E-state index is 12.4. The summed E-state index contributed by atoms with van der Waals surface area (Å²) in [5, 5.41) is 0.466. The van der Waals surface area contributed by atoms with E-state index < -0.39 is 10.0 Å². The van der Waals surface area contributed by atoms with Crippen LogP contribution in [0, 0.1) is 20.8 Å². The van der Waals surface area contributed by atoms with Gasteiger partial charge in [-0.2, -0.15) is 0 Å². The van der Waals surface area contributed by atoms with Crippen LogP contribution in [0.25, 0.3) is 0 Å². The van der Waals surface area contributed by atoms with Crippen molar-refractivity contribution in [3.8, 4) is 0 Å². The van der Waals surface area contributed by atoms with Crippen LogP contribution < -0.4 is 4.72 Å². The van der Waals surface area contributed by atoms with Crippen molar-refractivity contribution in [3.63, 3.8) is 0 Å². The van der Waals surface area contributed by atoms with Crippen LogP contribution >= 0.6 is 11.6 Å². The van der Waals surface area contributed by atoms with E-state index in [4.69, 9.17) is 11.6 Å². The molecule has 0 heterocycles. The smallest absolute Gasteiger partial charge is 0.212 e. The van der Waals surface area contributed by atoms with Gasteiger partial charge in [0.1, 0.15) is 0 Å². The molecule has 0 aromatic heterocycles. The van der Waals surface area contributed by atoms with Crippen LogP contribution in [-0.4, -0.2) is 8.42 Å². The van der Waals surface area contributed by atoms with Crippen LogP contribution in [-0.2, 0) is 15.8 Å². The predicted molar refractivity (Wildman–Crippen MR) is 96.3 cm³/mol. The van der Waals surface area contributed by atoms with Gasteiger partial charge >= 0.3 is 0 Å². The van der Waals surface area contributed by atoms with Crippen molar-refractivity contribution in [1.82, 2.24) is 4.72 Å². The summed E-state index contributed by atoms with van der Waals surface area (Å²) in [5.74, 6) is -0.124. The van der Waals surface area contributed by atoms with E-state index in [1.807, 2.05) is 26.8 Å². The zero-order valence-corrected chi connectivity index (χ0v) is 15.4. The maximum Gasteiger partial charge on any atom is 0.216 e. The second kappa shape index (κ2) is 7.04. The van der Waals surface area contributed by atoms with Gasteiger partial charge in [-0.05, 0) is 61.6 Å². The van der Waals surface area contributed by atoms with E-state index in [2.05, 4.69) is 17.7 Å². The maximum atomic E-state index is 12.4. The summed E-state index contributed by atoms with van der Waals surface area (Å²) in [4.78, 5) is 0. The summed E-state index contributed by atoms with van der Waals surface area (Å²) in [6.07, 6.45) is 0. The number of rotatable bonds is 5. The van der Waals surface area contributed by atoms with E-state index in [0.29, 0.717) is 10.6 Å². The van der Waals surface area contributed by atoms with Crippen molar-refractivity contribution in [3.05, 3.63) is 69.2 Å². The molecule has 0 radical (unpaired) electrons. The third-order valence-electron chi connectivity index (χ3n) is 4.01. The molecule has 0 fully saturated rings. The van der Waals surface area contributed by atoms with Gasteiger partial charge < -0.3 is 0 Å². The van der Waals surface area contributed by atoms with E-state index in [9.17, 15) is 8.42 Å². The SMILES string of the molecule is Cc1cc(C)c([C@@H](C)NS(=O)(=O)Cc2ccccc2Cl)cc1C. The first-order valence-corrected chi connectivity index (χ1v) is 9.54. The van der Waals surface area contributed by atoms with Crippen molar-refractivity contribution in [2.45, 2.75) is 39.5 Å². The van der Waals surface area contributed by atoms with Crippen molar-refractivity contribution < 1.29 is 8.42 Å². The summed E-state index contributed by atoms with van der Waals surface area (Å²) < 4.78 is 27.6. The zero-order chi connectivity index (χ0) is 17.2. The summed E-state index contributed by atoms with van der Waals surface area (Å²) in [5.41, 5.74) is 5.04. The molecule has 2 rings (SSSR count). The third kappa shape index (κ3) is 4.56. The highest BCUT2D eigenvalue weighted by Gasteiger charge is 2.19. The molecule has 5 heteroatoms. The van der Waals surface area contributed by atoms with E-state index in [0.717, 1.165) is 16.7 Å². The molecule has 0 aliphatic heterocycles. The van der Waals surface area contributed by atoms with E-state index in [1.54, 1.807) is 24.3 Å². The normalized spacial score (nSPS) is 13.1. The minimum atomic E-state index is -3.48. The summed E-state index contributed by atoms with van der Waals surface area (Å²) in [7, 11) is -3.48. The molecule has 0 aliphatic rings. The van der Waals surface area contributed by atoms with Gasteiger partial charge in [0.15, 0.2) is 0 Å². The second-order valence-electron chi connectivity index (χ2n) is 5.98. The fourth-order valence-electron chi connectivity index (χ4n) is 2.64. The van der Waals surface area contributed by atoms with Gasteiger partial charge in [0, 0.05) is 11.1 Å². The molecule has 124 valence electrons.